The number of rotatable bonds is 4. The number of nitrogens with one attached hydrogen (secondary N) is 1. The summed E-state index contributed by atoms with van der Waals surface area (Å²) in [4.78, 5) is 0. The number of aliphatic hydroxyl groups is 1. The van der Waals surface area contributed by atoms with Gasteiger partial charge in [0.15, 0.2) is 0 Å². The molecule has 16 heavy (non-hydrogen) atoms. The lowest BCUT2D eigenvalue weighted by molar-refractivity contribution is 0.139. The van der Waals surface area contributed by atoms with Gasteiger partial charge in [0.05, 0.1) is 12.1 Å². The fourth-order valence-corrected chi connectivity index (χ4v) is 1.81. The van der Waals surface area contributed by atoms with Crippen molar-refractivity contribution in [2.45, 2.75) is 66.0 Å². The molecule has 0 spiro atoms. The second-order valence-corrected chi connectivity index (χ2v) is 3.92. The van der Waals surface area contributed by atoms with Crippen molar-refractivity contribution in [1.82, 2.24) is 5.32 Å². The van der Waals surface area contributed by atoms with Gasteiger partial charge in [0.1, 0.15) is 0 Å². The standard InChI is InChI=1S/C12H21NO.C2H6/c1-4-6-12(14)11-7-9(3)10(5-2)8-13-11;1-2/h7-8,11-14H,4-6H2,1-3H3;1-2H3. The molecule has 1 aliphatic rings. The molecule has 0 amide bonds. The summed E-state index contributed by atoms with van der Waals surface area (Å²) in [5.74, 6) is 0. The Labute approximate surface area is 100 Å². The van der Waals surface area contributed by atoms with E-state index in [2.05, 4.69) is 32.2 Å². The number of allylic oxidation sites excluding steroid dienone is 2. The molecule has 0 aliphatic carbocycles. The molecular weight excluding hydrogens is 198 g/mol. The maximum absolute atomic E-state index is 9.81. The van der Waals surface area contributed by atoms with E-state index in [-0.39, 0.29) is 12.1 Å². The van der Waals surface area contributed by atoms with E-state index >= 15 is 0 Å². The average Bonchev–Trinajstić information content (AvgIpc) is 2.32. The minimum atomic E-state index is -0.260. The molecule has 0 fully saturated rings. The molecule has 1 heterocycles. The maximum Gasteiger partial charge on any atom is 0.0777 e. The van der Waals surface area contributed by atoms with Gasteiger partial charge in [-0.3, -0.25) is 0 Å². The fourth-order valence-electron chi connectivity index (χ4n) is 1.81. The first kappa shape index (κ1) is 15.2. The zero-order chi connectivity index (χ0) is 12.6. The average molecular weight is 225 g/mol. The van der Waals surface area contributed by atoms with E-state index in [0.717, 1.165) is 19.3 Å². The molecule has 2 nitrogen and oxygen atoms in total. The predicted octanol–water partition coefficient (Wildman–Crippen LogP) is 3.39. The van der Waals surface area contributed by atoms with Crippen LogP contribution < -0.4 is 5.32 Å². The summed E-state index contributed by atoms with van der Waals surface area (Å²) < 4.78 is 0. The molecule has 94 valence electrons. The van der Waals surface area contributed by atoms with Crippen molar-refractivity contribution >= 4 is 0 Å². The zero-order valence-electron chi connectivity index (χ0n) is 11.4. The van der Waals surface area contributed by atoms with Gasteiger partial charge in [-0.1, -0.05) is 40.2 Å². The Kier molecular flexibility index (Phi) is 8.00. The Hall–Kier alpha value is -0.760. The number of hydrogen-bond acceptors (Lipinski definition) is 2. The van der Waals surface area contributed by atoms with E-state index in [1.165, 1.54) is 11.1 Å². The molecule has 2 heteroatoms. The van der Waals surface area contributed by atoms with Crippen LogP contribution in [0.3, 0.4) is 0 Å². The molecule has 2 atom stereocenters. The van der Waals surface area contributed by atoms with Gasteiger partial charge in [-0.25, -0.2) is 0 Å². The fraction of sp³-hybridized carbons (Fsp3) is 0.714. The molecule has 1 rings (SSSR count). The number of hydrogen-bond donors (Lipinski definition) is 2. The highest BCUT2D eigenvalue weighted by Crippen LogP contribution is 2.19. The van der Waals surface area contributed by atoms with Crippen LogP contribution in [0.1, 0.15) is 53.9 Å². The minimum absolute atomic E-state index is 0.102. The summed E-state index contributed by atoms with van der Waals surface area (Å²) in [6.45, 7) is 10.4. The molecule has 0 aromatic heterocycles. The van der Waals surface area contributed by atoms with Crippen LogP contribution in [0.4, 0.5) is 0 Å². The lowest BCUT2D eigenvalue weighted by atomic mass is 9.96. The first-order valence-electron chi connectivity index (χ1n) is 6.51. The molecule has 0 aromatic carbocycles. The van der Waals surface area contributed by atoms with Crippen molar-refractivity contribution in [1.29, 1.82) is 0 Å². The van der Waals surface area contributed by atoms with Crippen LogP contribution in [0.15, 0.2) is 23.4 Å². The Morgan fingerprint density at radius 1 is 1.38 bits per heavy atom. The van der Waals surface area contributed by atoms with E-state index in [1.807, 2.05) is 20.0 Å². The molecule has 0 radical (unpaired) electrons. The smallest absolute Gasteiger partial charge is 0.0777 e. The summed E-state index contributed by atoms with van der Waals surface area (Å²) >= 11 is 0. The van der Waals surface area contributed by atoms with Crippen molar-refractivity contribution in [3.05, 3.63) is 23.4 Å². The highest BCUT2D eigenvalue weighted by Gasteiger charge is 2.18. The van der Waals surface area contributed by atoms with Crippen molar-refractivity contribution in [2.24, 2.45) is 0 Å². The lowest BCUT2D eigenvalue weighted by Gasteiger charge is -2.25. The van der Waals surface area contributed by atoms with E-state index in [9.17, 15) is 5.11 Å². The van der Waals surface area contributed by atoms with Crippen LogP contribution in [0.5, 0.6) is 0 Å². The van der Waals surface area contributed by atoms with E-state index < -0.39 is 0 Å². The highest BCUT2D eigenvalue weighted by molar-refractivity contribution is 5.33. The molecule has 0 bridgehead atoms. The monoisotopic (exact) mass is 225 g/mol. The molecule has 2 N–H and O–H groups in total. The molecule has 0 saturated heterocycles. The Morgan fingerprint density at radius 3 is 2.44 bits per heavy atom. The summed E-state index contributed by atoms with van der Waals surface area (Å²) in [6, 6.07) is 0.102. The predicted molar refractivity (Wildman–Crippen MR) is 71.3 cm³/mol. The summed E-state index contributed by atoms with van der Waals surface area (Å²) in [7, 11) is 0. The zero-order valence-corrected chi connectivity index (χ0v) is 11.4. The third-order valence-electron chi connectivity index (χ3n) is 2.77. The van der Waals surface area contributed by atoms with Gasteiger partial charge in [0, 0.05) is 6.20 Å². The van der Waals surface area contributed by atoms with Gasteiger partial charge in [-0.05, 0) is 30.9 Å². The lowest BCUT2D eigenvalue weighted by Crippen LogP contribution is -2.37. The van der Waals surface area contributed by atoms with Crippen LogP contribution in [0.25, 0.3) is 0 Å². The van der Waals surface area contributed by atoms with Crippen molar-refractivity contribution in [3.8, 4) is 0 Å². The van der Waals surface area contributed by atoms with E-state index in [4.69, 9.17) is 0 Å². The summed E-state index contributed by atoms with van der Waals surface area (Å²) in [5.41, 5.74) is 2.64. The van der Waals surface area contributed by atoms with Gasteiger partial charge < -0.3 is 10.4 Å². The Morgan fingerprint density at radius 2 is 2.00 bits per heavy atom. The van der Waals surface area contributed by atoms with Crippen LogP contribution in [-0.4, -0.2) is 17.3 Å². The second kappa shape index (κ2) is 8.40. The topological polar surface area (TPSA) is 32.3 Å². The van der Waals surface area contributed by atoms with Crippen molar-refractivity contribution in [3.63, 3.8) is 0 Å². The van der Waals surface area contributed by atoms with Crippen LogP contribution in [0.2, 0.25) is 0 Å². The van der Waals surface area contributed by atoms with Crippen LogP contribution in [-0.2, 0) is 0 Å². The molecule has 2 unspecified atom stereocenters. The third-order valence-corrected chi connectivity index (χ3v) is 2.77. The quantitative estimate of drug-likeness (QED) is 0.768. The van der Waals surface area contributed by atoms with E-state index in [1.54, 1.807) is 0 Å². The van der Waals surface area contributed by atoms with Crippen LogP contribution in [0, 0.1) is 0 Å². The van der Waals surface area contributed by atoms with Crippen molar-refractivity contribution < 1.29 is 5.11 Å². The van der Waals surface area contributed by atoms with Gasteiger partial charge >= 0.3 is 0 Å². The Bertz CT molecular complexity index is 243. The second-order valence-electron chi connectivity index (χ2n) is 3.92. The largest absolute Gasteiger partial charge is 0.391 e. The molecular formula is C14H27NO. The number of dihydropyridines is 1. The first-order valence-corrected chi connectivity index (χ1v) is 6.51. The van der Waals surface area contributed by atoms with Gasteiger partial charge in [0.25, 0.3) is 0 Å². The van der Waals surface area contributed by atoms with Gasteiger partial charge in [-0.2, -0.15) is 0 Å². The first-order chi connectivity index (χ1) is 7.69. The van der Waals surface area contributed by atoms with Crippen molar-refractivity contribution in [2.75, 3.05) is 0 Å². The Balaban J connectivity index is 0.00000106. The third kappa shape index (κ3) is 4.40. The SMILES string of the molecule is CC.CCCC(O)C1C=C(C)C(CC)=CN1. The maximum atomic E-state index is 9.81. The molecule has 0 saturated carbocycles. The summed E-state index contributed by atoms with van der Waals surface area (Å²) in [6.07, 6.45) is 6.85. The number of aliphatic hydroxyl groups excluding tert-OH is 1. The van der Waals surface area contributed by atoms with Gasteiger partial charge in [0.2, 0.25) is 0 Å². The molecule has 0 aromatic rings. The normalized spacial score (nSPS) is 21.0. The highest BCUT2D eigenvalue weighted by atomic mass is 16.3. The molecule has 1 aliphatic heterocycles. The summed E-state index contributed by atoms with van der Waals surface area (Å²) in [5, 5.41) is 13.1. The van der Waals surface area contributed by atoms with E-state index in [0.29, 0.717) is 0 Å². The van der Waals surface area contributed by atoms with Gasteiger partial charge in [-0.15, -0.1) is 0 Å². The minimum Gasteiger partial charge on any atom is -0.391 e. The van der Waals surface area contributed by atoms with Crippen LogP contribution >= 0.6 is 0 Å².